The van der Waals surface area contributed by atoms with Crippen molar-refractivity contribution in [1.82, 2.24) is 10.5 Å². The molecule has 5 saturated carbocycles. The lowest BCUT2D eigenvalue weighted by molar-refractivity contribution is -0.238. The molecule has 0 aromatic carbocycles. The van der Waals surface area contributed by atoms with Crippen molar-refractivity contribution in [2.75, 3.05) is 6.54 Å². The van der Waals surface area contributed by atoms with Gasteiger partial charge in [0.1, 0.15) is 17.4 Å². The summed E-state index contributed by atoms with van der Waals surface area (Å²) in [6.07, 6.45) is 6.94. The second-order valence-corrected chi connectivity index (χ2v) is 21.1. The summed E-state index contributed by atoms with van der Waals surface area (Å²) in [5.41, 5.74) is 1.36. The number of aliphatic hydroxyl groups excluding tert-OH is 1. The maximum atomic E-state index is 14.1. The number of allylic oxidation sites excluding steroid dienone is 1. The molecule has 55 heavy (non-hydrogen) atoms. The number of nitrogens with zero attached hydrogens (tertiary/aromatic N) is 1. The zero-order valence-electron chi connectivity index (χ0n) is 35.2. The molecule has 2 unspecified atom stereocenters. The van der Waals surface area contributed by atoms with Gasteiger partial charge in [-0.3, -0.25) is 19.2 Å². The Balaban J connectivity index is 1.14. The first-order chi connectivity index (χ1) is 25.5. The third-order valence-corrected chi connectivity index (χ3v) is 17.9. The van der Waals surface area contributed by atoms with Gasteiger partial charge >= 0.3 is 11.9 Å². The minimum absolute atomic E-state index is 0.00203. The van der Waals surface area contributed by atoms with Crippen LogP contribution in [0.3, 0.4) is 0 Å². The zero-order chi connectivity index (χ0) is 40.4. The molecule has 0 saturated heterocycles. The first-order valence-corrected chi connectivity index (χ1v) is 21.1. The second-order valence-electron chi connectivity index (χ2n) is 21.1. The number of carbonyl (C=O) groups excluding carboxylic acids is 3. The van der Waals surface area contributed by atoms with Crippen molar-refractivity contribution in [3.63, 3.8) is 0 Å². The van der Waals surface area contributed by atoms with E-state index in [9.17, 15) is 29.4 Å². The molecule has 0 spiro atoms. The Kier molecular flexibility index (Phi) is 9.50. The van der Waals surface area contributed by atoms with Crippen molar-refractivity contribution in [2.24, 2.45) is 68.0 Å². The molecule has 7 rings (SSSR count). The van der Waals surface area contributed by atoms with Crippen molar-refractivity contribution in [3.8, 4) is 0 Å². The molecule has 0 radical (unpaired) electrons. The Hall–Kier alpha value is -3.01. The average molecular weight is 763 g/mol. The Labute approximate surface area is 327 Å². The summed E-state index contributed by atoms with van der Waals surface area (Å²) in [5.74, 6) is -0.746. The maximum Gasteiger partial charge on any atom is 0.309 e. The van der Waals surface area contributed by atoms with Crippen LogP contribution in [0.15, 0.2) is 15.7 Å². The largest absolute Gasteiger partial charge is 0.481 e. The highest BCUT2D eigenvalue weighted by Gasteiger charge is 2.71. The van der Waals surface area contributed by atoms with Crippen molar-refractivity contribution >= 4 is 23.6 Å². The molecule has 0 bridgehead atoms. The third kappa shape index (κ3) is 5.51. The van der Waals surface area contributed by atoms with Gasteiger partial charge in [-0.15, -0.1) is 0 Å². The van der Waals surface area contributed by atoms with Crippen LogP contribution in [0.5, 0.6) is 0 Å². The van der Waals surface area contributed by atoms with E-state index in [1.165, 1.54) is 5.57 Å². The zero-order valence-corrected chi connectivity index (χ0v) is 35.2. The van der Waals surface area contributed by atoms with Crippen molar-refractivity contribution in [2.45, 2.75) is 153 Å². The van der Waals surface area contributed by atoms with E-state index in [2.05, 4.69) is 58.9 Å². The second kappa shape index (κ2) is 13.0. The number of nitrogens with one attached hydrogen (secondary N) is 1. The van der Waals surface area contributed by atoms with Crippen LogP contribution < -0.4 is 5.32 Å². The maximum absolute atomic E-state index is 14.1. The highest BCUT2D eigenvalue weighted by Crippen LogP contribution is 2.77. The van der Waals surface area contributed by atoms with Gasteiger partial charge in [-0.05, 0) is 123 Å². The highest BCUT2D eigenvalue weighted by atomic mass is 16.5. The van der Waals surface area contributed by atoms with Gasteiger partial charge in [-0.25, -0.2) is 0 Å². The predicted octanol–water partition coefficient (Wildman–Crippen LogP) is 8.02. The van der Waals surface area contributed by atoms with E-state index in [0.717, 1.165) is 50.5 Å². The minimum Gasteiger partial charge on any atom is -0.481 e. The molecule has 1 amide bonds. The van der Waals surface area contributed by atoms with Crippen molar-refractivity contribution < 1.29 is 38.7 Å². The normalized spacial score (nSPS) is 40.6. The smallest absolute Gasteiger partial charge is 0.309 e. The number of esters is 1. The predicted molar refractivity (Wildman–Crippen MR) is 207 cm³/mol. The van der Waals surface area contributed by atoms with Gasteiger partial charge in [0.2, 0.25) is 0 Å². The average Bonchev–Trinajstić information content (AvgIpc) is 3.59. The first kappa shape index (κ1) is 40.2. The van der Waals surface area contributed by atoms with Crippen molar-refractivity contribution in [1.29, 1.82) is 0 Å². The molecule has 11 atom stereocenters. The molecule has 5 fully saturated rings. The molecular weight excluding hydrogens is 697 g/mol. The first-order valence-electron chi connectivity index (χ1n) is 21.1. The fraction of sp³-hybridized carbons (Fsp3) is 0.800. The Morgan fingerprint density at radius 1 is 0.891 bits per heavy atom. The summed E-state index contributed by atoms with van der Waals surface area (Å²) in [4.78, 5) is 52.7. The van der Waals surface area contributed by atoms with Crippen LogP contribution in [0, 0.1) is 81.8 Å². The molecular formula is C45H66N2O8. The number of hydrogen-bond donors (Lipinski definition) is 3. The summed E-state index contributed by atoms with van der Waals surface area (Å²) in [5, 5.41) is 28.7. The molecule has 304 valence electrons. The monoisotopic (exact) mass is 762 g/mol. The van der Waals surface area contributed by atoms with Crippen LogP contribution in [0.1, 0.15) is 148 Å². The quantitative estimate of drug-likeness (QED) is 0.223. The molecule has 1 aromatic rings. The molecule has 6 aliphatic rings. The minimum atomic E-state index is -0.908. The number of fused-ring (bicyclic) bond motifs is 7. The van der Waals surface area contributed by atoms with Gasteiger partial charge in [0.15, 0.2) is 5.78 Å². The van der Waals surface area contributed by atoms with Gasteiger partial charge in [-0.2, -0.15) is 0 Å². The van der Waals surface area contributed by atoms with E-state index in [1.807, 2.05) is 13.8 Å². The topological polar surface area (TPSA) is 156 Å². The number of rotatable bonds is 8. The van der Waals surface area contributed by atoms with Crippen LogP contribution >= 0.6 is 0 Å². The molecule has 10 heteroatoms. The van der Waals surface area contributed by atoms with Crippen molar-refractivity contribution in [3.05, 3.63) is 28.2 Å². The number of carbonyl (C=O) groups is 4. The number of Topliss-reactive ketones (excluding diaryl/α,β-unsaturated/α-hetero) is 1. The van der Waals surface area contributed by atoms with E-state index >= 15 is 0 Å². The standard InChI is InChI=1S/C45H66N2O8/c1-23(2)34-29(48)21-45(32(49)22-46-37(50)35-24(3)47-55-25(35)4)19-18-43(10)26(36(34)45)12-13-31-42(9)16-15-33(41(7,8)30(42)14-17-44(31,43)11)54-39(53)28-20-27(38(51)52)40(28,5)6/h23,26-28,30-33,49H,12-22H2,1-11H3,(H,46,50)(H,51,52)/t26-,27+,28-,30+,31-,32+,33+,42?,43-,44?,45+/m1/s1. The number of aryl methyl sites for hydroxylation is 2. The van der Waals surface area contributed by atoms with Crippen LogP contribution in [-0.4, -0.2) is 57.8 Å². The molecule has 1 heterocycles. The number of aromatic nitrogens is 1. The molecule has 3 N–H and O–H groups in total. The van der Waals surface area contributed by atoms with Gasteiger partial charge in [0, 0.05) is 23.8 Å². The number of aliphatic hydroxyl groups is 1. The fourth-order valence-electron chi connectivity index (χ4n) is 14.5. The van der Waals surface area contributed by atoms with Gasteiger partial charge < -0.3 is 24.8 Å². The number of carboxylic acid groups (broad SMARTS) is 1. The molecule has 1 aromatic heterocycles. The van der Waals surface area contributed by atoms with E-state index < -0.39 is 34.7 Å². The summed E-state index contributed by atoms with van der Waals surface area (Å²) in [6, 6.07) is 0. The fourth-order valence-corrected chi connectivity index (χ4v) is 14.5. The lowest BCUT2D eigenvalue weighted by Gasteiger charge is -2.72. The number of amides is 1. The summed E-state index contributed by atoms with van der Waals surface area (Å²) >= 11 is 0. The van der Waals surface area contributed by atoms with E-state index in [1.54, 1.807) is 13.8 Å². The lowest BCUT2D eigenvalue weighted by atomic mass is 9.33. The van der Waals surface area contributed by atoms with E-state index in [-0.39, 0.29) is 70.2 Å². The third-order valence-electron chi connectivity index (χ3n) is 17.9. The Morgan fingerprint density at radius 3 is 2.18 bits per heavy atom. The van der Waals surface area contributed by atoms with E-state index in [4.69, 9.17) is 9.26 Å². The van der Waals surface area contributed by atoms with Gasteiger partial charge in [0.05, 0.1) is 23.6 Å². The SMILES string of the molecule is Cc1noc(C)c1C(=O)NC[C@H](O)[C@@]12CC[C@]3(C)[C@H](CC[C@@H]4C5(C)CC[C@H](OC(=O)[C@H]6C[C@@H](C(=O)O)C6(C)C)C(C)(C)[C@@H]5CCC43C)C1=C(C(C)C)C(=O)C2. The van der Waals surface area contributed by atoms with E-state index in [0.29, 0.717) is 41.7 Å². The lowest BCUT2D eigenvalue weighted by Crippen LogP contribution is -2.66. The summed E-state index contributed by atoms with van der Waals surface area (Å²) in [6.45, 7) is 23.6. The molecule has 6 aliphatic carbocycles. The molecule has 10 nitrogen and oxygen atoms in total. The summed E-state index contributed by atoms with van der Waals surface area (Å²) in [7, 11) is 0. The number of aliphatic carboxylic acids is 1. The van der Waals surface area contributed by atoms with Crippen LogP contribution in [0.2, 0.25) is 0 Å². The molecule has 0 aliphatic heterocycles. The number of hydrogen-bond acceptors (Lipinski definition) is 8. The highest BCUT2D eigenvalue weighted by molar-refractivity contribution is 6.01. The number of ketones is 1. The summed E-state index contributed by atoms with van der Waals surface area (Å²) < 4.78 is 11.6. The Bertz CT molecular complexity index is 1800. The van der Waals surface area contributed by atoms with Crippen LogP contribution in [0.25, 0.3) is 0 Å². The van der Waals surface area contributed by atoms with Crippen LogP contribution in [0.4, 0.5) is 0 Å². The van der Waals surface area contributed by atoms with Crippen LogP contribution in [-0.2, 0) is 19.1 Å². The van der Waals surface area contributed by atoms with Gasteiger partial charge in [0.25, 0.3) is 5.91 Å². The Morgan fingerprint density at radius 2 is 1.58 bits per heavy atom. The number of ether oxygens (including phenoxy) is 1. The van der Waals surface area contributed by atoms with Gasteiger partial charge in [-0.1, -0.05) is 73.0 Å². The number of carboxylic acids is 1.